The highest BCUT2D eigenvalue weighted by molar-refractivity contribution is 5.67. The van der Waals surface area contributed by atoms with Gasteiger partial charge in [-0.1, -0.05) is 0 Å². The van der Waals surface area contributed by atoms with E-state index in [1.807, 2.05) is 0 Å². The number of benzene rings is 1. The van der Waals surface area contributed by atoms with Crippen LogP contribution in [0.15, 0.2) is 41.0 Å². The minimum Gasteiger partial charge on any atom is -0.493 e. The van der Waals surface area contributed by atoms with Gasteiger partial charge in [-0.05, 0) is 37.3 Å². The lowest BCUT2D eigenvalue weighted by molar-refractivity contribution is -0.137. The minimum atomic E-state index is -4.38. The zero-order chi connectivity index (χ0) is 13.2. The Labute approximate surface area is 102 Å². The SMILES string of the molecule is CCOc1ccc(C(F)(F)F)cc1-c1ccco1. The number of hydrogen-bond donors (Lipinski definition) is 0. The number of hydrogen-bond acceptors (Lipinski definition) is 2. The summed E-state index contributed by atoms with van der Waals surface area (Å²) in [7, 11) is 0. The van der Waals surface area contributed by atoms with Crippen molar-refractivity contribution in [1.29, 1.82) is 0 Å². The van der Waals surface area contributed by atoms with Crippen LogP contribution in [-0.4, -0.2) is 6.61 Å². The molecule has 0 radical (unpaired) electrons. The first kappa shape index (κ1) is 12.5. The van der Waals surface area contributed by atoms with Gasteiger partial charge in [0, 0.05) is 0 Å². The topological polar surface area (TPSA) is 22.4 Å². The molecule has 0 N–H and O–H groups in total. The molecule has 0 saturated carbocycles. The van der Waals surface area contributed by atoms with Gasteiger partial charge in [-0.15, -0.1) is 0 Å². The summed E-state index contributed by atoms with van der Waals surface area (Å²) in [6.07, 6.45) is -2.97. The number of rotatable bonds is 3. The van der Waals surface area contributed by atoms with Crippen molar-refractivity contribution in [2.45, 2.75) is 13.1 Å². The molecule has 0 aliphatic rings. The lowest BCUT2D eigenvalue weighted by atomic mass is 10.1. The molecule has 0 aliphatic heterocycles. The van der Waals surface area contributed by atoms with Gasteiger partial charge in [0.1, 0.15) is 11.5 Å². The van der Waals surface area contributed by atoms with E-state index in [1.165, 1.54) is 12.3 Å². The zero-order valence-corrected chi connectivity index (χ0v) is 9.62. The molecule has 2 nitrogen and oxygen atoms in total. The van der Waals surface area contributed by atoms with E-state index in [0.717, 1.165) is 12.1 Å². The first-order chi connectivity index (χ1) is 8.52. The second kappa shape index (κ2) is 4.76. The number of halogens is 3. The van der Waals surface area contributed by atoms with Crippen LogP contribution in [0, 0.1) is 0 Å². The Morgan fingerprint density at radius 2 is 2.00 bits per heavy atom. The molecule has 0 bridgehead atoms. The highest BCUT2D eigenvalue weighted by Gasteiger charge is 2.31. The molecule has 0 aliphatic carbocycles. The average molecular weight is 256 g/mol. The van der Waals surface area contributed by atoms with Crippen LogP contribution in [-0.2, 0) is 6.18 Å². The van der Waals surface area contributed by atoms with Crippen molar-refractivity contribution in [2.24, 2.45) is 0 Å². The van der Waals surface area contributed by atoms with Crippen LogP contribution in [0.3, 0.4) is 0 Å². The Morgan fingerprint density at radius 1 is 1.22 bits per heavy atom. The van der Waals surface area contributed by atoms with Gasteiger partial charge >= 0.3 is 6.18 Å². The maximum atomic E-state index is 12.7. The summed E-state index contributed by atoms with van der Waals surface area (Å²) < 4.78 is 48.4. The van der Waals surface area contributed by atoms with Crippen LogP contribution in [0.4, 0.5) is 13.2 Å². The van der Waals surface area contributed by atoms with Crippen molar-refractivity contribution in [3.63, 3.8) is 0 Å². The fourth-order valence-electron chi connectivity index (χ4n) is 1.61. The highest BCUT2D eigenvalue weighted by Crippen LogP contribution is 2.37. The molecule has 0 unspecified atom stereocenters. The largest absolute Gasteiger partial charge is 0.493 e. The first-order valence-electron chi connectivity index (χ1n) is 5.40. The Kier molecular flexibility index (Phi) is 3.32. The van der Waals surface area contributed by atoms with Crippen molar-refractivity contribution < 1.29 is 22.3 Å². The van der Waals surface area contributed by atoms with Gasteiger partial charge in [0.2, 0.25) is 0 Å². The Hall–Kier alpha value is -1.91. The van der Waals surface area contributed by atoms with Gasteiger partial charge in [0.15, 0.2) is 0 Å². The second-order valence-corrected chi connectivity index (χ2v) is 3.62. The van der Waals surface area contributed by atoms with Gasteiger partial charge in [-0.25, -0.2) is 0 Å². The van der Waals surface area contributed by atoms with Gasteiger partial charge in [0.25, 0.3) is 0 Å². The van der Waals surface area contributed by atoms with E-state index < -0.39 is 11.7 Å². The number of ether oxygens (including phenoxy) is 1. The lowest BCUT2D eigenvalue weighted by Crippen LogP contribution is -2.05. The van der Waals surface area contributed by atoms with Crippen LogP contribution >= 0.6 is 0 Å². The smallest absolute Gasteiger partial charge is 0.416 e. The van der Waals surface area contributed by atoms with Crippen LogP contribution in [0.5, 0.6) is 5.75 Å². The fraction of sp³-hybridized carbons (Fsp3) is 0.231. The third-order valence-electron chi connectivity index (χ3n) is 2.39. The van der Waals surface area contributed by atoms with Crippen LogP contribution in [0.25, 0.3) is 11.3 Å². The Morgan fingerprint density at radius 3 is 2.56 bits per heavy atom. The predicted octanol–water partition coefficient (Wildman–Crippen LogP) is 4.36. The molecule has 0 amide bonds. The third kappa shape index (κ3) is 2.50. The first-order valence-corrected chi connectivity index (χ1v) is 5.40. The summed E-state index contributed by atoms with van der Waals surface area (Å²) in [5, 5.41) is 0. The van der Waals surface area contributed by atoms with E-state index in [4.69, 9.17) is 9.15 Å². The van der Waals surface area contributed by atoms with E-state index in [0.29, 0.717) is 23.7 Å². The third-order valence-corrected chi connectivity index (χ3v) is 2.39. The predicted molar refractivity (Wildman–Crippen MR) is 60.3 cm³/mol. The van der Waals surface area contributed by atoms with Gasteiger partial charge in [0.05, 0.1) is 24.0 Å². The molecule has 2 aromatic rings. The maximum Gasteiger partial charge on any atom is 0.416 e. The van der Waals surface area contributed by atoms with Crippen LogP contribution < -0.4 is 4.74 Å². The average Bonchev–Trinajstić information content (AvgIpc) is 2.82. The number of alkyl halides is 3. The highest BCUT2D eigenvalue weighted by atomic mass is 19.4. The summed E-state index contributed by atoms with van der Waals surface area (Å²) in [6.45, 7) is 2.14. The molecule has 1 heterocycles. The van der Waals surface area contributed by atoms with Gasteiger partial charge in [-0.3, -0.25) is 0 Å². The van der Waals surface area contributed by atoms with E-state index in [-0.39, 0.29) is 0 Å². The number of furan rings is 1. The Bertz CT molecular complexity index is 516. The minimum absolute atomic E-state index is 0.302. The molecule has 18 heavy (non-hydrogen) atoms. The summed E-state index contributed by atoms with van der Waals surface area (Å²) in [6, 6.07) is 6.55. The van der Waals surface area contributed by atoms with E-state index in [1.54, 1.807) is 19.1 Å². The molecular weight excluding hydrogens is 245 g/mol. The molecule has 5 heteroatoms. The van der Waals surface area contributed by atoms with Crippen molar-refractivity contribution >= 4 is 0 Å². The molecule has 0 spiro atoms. The van der Waals surface area contributed by atoms with Crippen LogP contribution in [0.2, 0.25) is 0 Å². The summed E-state index contributed by atoms with van der Waals surface area (Å²) in [5.74, 6) is 0.727. The zero-order valence-electron chi connectivity index (χ0n) is 9.62. The van der Waals surface area contributed by atoms with E-state index >= 15 is 0 Å². The fourth-order valence-corrected chi connectivity index (χ4v) is 1.61. The molecular formula is C13H11F3O2. The van der Waals surface area contributed by atoms with Crippen molar-refractivity contribution in [2.75, 3.05) is 6.61 Å². The summed E-state index contributed by atoms with van der Waals surface area (Å²) in [4.78, 5) is 0. The lowest BCUT2D eigenvalue weighted by Gasteiger charge is -2.12. The summed E-state index contributed by atoms with van der Waals surface area (Å²) in [5.41, 5.74) is -0.422. The normalized spacial score (nSPS) is 11.6. The van der Waals surface area contributed by atoms with Crippen LogP contribution in [0.1, 0.15) is 12.5 Å². The molecule has 0 fully saturated rings. The van der Waals surface area contributed by atoms with Crippen molar-refractivity contribution in [3.05, 3.63) is 42.2 Å². The quantitative estimate of drug-likeness (QED) is 0.813. The second-order valence-electron chi connectivity index (χ2n) is 3.62. The Balaban J connectivity index is 2.52. The maximum absolute atomic E-state index is 12.7. The van der Waals surface area contributed by atoms with Gasteiger partial charge < -0.3 is 9.15 Å². The standard InChI is InChI=1S/C13H11F3O2/c1-2-17-12-6-5-9(13(14,15)16)8-10(12)11-4-3-7-18-11/h3-8H,2H2,1H3. The molecule has 96 valence electrons. The monoisotopic (exact) mass is 256 g/mol. The molecule has 0 saturated heterocycles. The van der Waals surface area contributed by atoms with Gasteiger partial charge in [-0.2, -0.15) is 13.2 Å². The molecule has 2 rings (SSSR count). The van der Waals surface area contributed by atoms with E-state index in [9.17, 15) is 13.2 Å². The van der Waals surface area contributed by atoms with Crippen molar-refractivity contribution in [3.8, 4) is 17.1 Å². The molecule has 1 aromatic heterocycles. The van der Waals surface area contributed by atoms with E-state index in [2.05, 4.69) is 0 Å². The summed E-state index contributed by atoms with van der Waals surface area (Å²) >= 11 is 0. The molecule has 0 atom stereocenters. The molecule has 1 aromatic carbocycles. The van der Waals surface area contributed by atoms with Crippen molar-refractivity contribution in [1.82, 2.24) is 0 Å².